The summed E-state index contributed by atoms with van der Waals surface area (Å²) in [5, 5.41) is 3.37. The third-order valence-electron chi connectivity index (χ3n) is 3.84. The Bertz CT molecular complexity index is 466. The lowest BCUT2D eigenvalue weighted by atomic mass is 10.1. The maximum absolute atomic E-state index is 11.6. The molecule has 1 aromatic carbocycles. The van der Waals surface area contributed by atoms with Crippen LogP contribution < -0.4 is 15.1 Å². The molecule has 1 fully saturated rings. The molecule has 18 heavy (non-hydrogen) atoms. The zero-order valence-corrected chi connectivity index (χ0v) is 10.8. The number of hydrogen-bond donors (Lipinski definition) is 1. The van der Waals surface area contributed by atoms with E-state index < -0.39 is 0 Å². The summed E-state index contributed by atoms with van der Waals surface area (Å²) in [5.74, 6) is 0.145. The molecule has 1 amide bonds. The molecule has 4 heteroatoms. The molecule has 0 unspecified atom stereocenters. The second-order valence-electron chi connectivity index (χ2n) is 4.93. The summed E-state index contributed by atoms with van der Waals surface area (Å²) in [7, 11) is 0. The second kappa shape index (κ2) is 4.61. The highest BCUT2D eigenvalue weighted by Gasteiger charge is 2.26. The molecule has 0 aliphatic carbocycles. The molecule has 0 atom stereocenters. The summed E-state index contributed by atoms with van der Waals surface area (Å²) in [5.41, 5.74) is 3.77. The summed E-state index contributed by atoms with van der Waals surface area (Å²) in [6, 6.07) is 6.32. The van der Waals surface area contributed by atoms with Crippen molar-refractivity contribution in [3.05, 3.63) is 23.8 Å². The van der Waals surface area contributed by atoms with Gasteiger partial charge in [-0.25, -0.2) is 0 Å². The molecule has 0 radical (unpaired) electrons. The highest BCUT2D eigenvalue weighted by Crippen LogP contribution is 2.35. The largest absolute Gasteiger partial charge is 0.369 e. The SMILES string of the molecule is CC(=O)N1CCc2c(N3CCNCC3)cccc21. The van der Waals surface area contributed by atoms with Crippen LogP contribution in [-0.4, -0.2) is 38.6 Å². The number of nitrogens with zero attached hydrogens (tertiary/aromatic N) is 2. The Kier molecular flexibility index (Phi) is 2.96. The zero-order valence-electron chi connectivity index (χ0n) is 10.8. The van der Waals surface area contributed by atoms with Crippen molar-refractivity contribution in [1.82, 2.24) is 5.32 Å². The van der Waals surface area contributed by atoms with Crippen LogP contribution in [0.2, 0.25) is 0 Å². The standard InChI is InChI=1S/C14H19N3O/c1-11(18)17-8-5-12-13(3-2-4-14(12)17)16-9-6-15-7-10-16/h2-4,15H,5-10H2,1H3. The Morgan fingerprint density at radius 1 is 1.17 bits per heavy atom. The van der Waals surface area contributed by atoms with Crippen LogP contribution in [0.15, 0.2) is 18.2 Å². The molecule has 0 aromatic heterocycles. The highest BCUT2D eigenvalue weighted by molar-refractivity contribution is 5.95. The number of carbonyl (C=O) groups excluding carboxylic acids is 1. The number of anilines is 2. The summed E-state index contributed by atoms with van der Waals surface area (Å²) in [6.45, 7) is 6.66. The molecule has 0 saturated carbocycles. The van der Waals surface area contributed by atoms with E-state index in [0.717, 1.165) is 44.8 Å². The summed E-state index contributed by atoms with van der Waals surface area (Å²) >= 11 is 0. The van der Waals surface area contributed by atoms with Gasteiger partial charge in [-0.1, -0.05) is 6.07 Å². The van der Waals surface area contributed by atoms with Crippen molar-refractivity contribution >= 4 is 17.3 Å². The van der Waals surface area contributed by atoms with Crippen molar-refractivity contribution in [3.63, 3.8) is 0 Å². The van der Waals surface area contributed by atoms with E-state index in [9.17, 15) is 4.79 Å². The van der Waals surface area contributed by atoms with Crippen molar-refractivity contribution in [1.29, 1.82) is 0 Å². The van der Waals surface area contributed by atoms with E-state index in [-0.39, 0.29) is 5.91 Å². The zero-order chi connectivity index (χ0) is 12.5. The van der Waals surface area contributed by atoms with Crippen LogP contribution in [0.3, 0.4) is 0 Å². The molecule has 4 nitrogen and oxygen atoms in total. The van der Waals surface area contributed by atoms with Crippen LogP contribution in [0.4, 0.5) is 11.4 Å². The first-order valence-corrected chi connectivity index (χ1v) is 6.63. The van der Waals surface area contributed by atoms with Gasteiger partial charge in [-0.05, 0) is 18.6 Å². The Labute approximate surface area is 108 Å². The minimum Gasteiger partial charge on any atom is -0.369 e. The fraction of sp³-hybridized carbons (Fsp3) is 0.500. The van der Waals surface area contributed by atoms with E-state index in [1.807, 2.05) is 4.90 Å². The van der Waals surface area contributed by atoms with Gasteiger partial charge in [-0.3, -0.25) is 4.79 Å². The maximum atomic E-state index is 11.6. The van der Waals surface area contributed by atoms with Crippen LogP contribution in [0.5, 0.6) is 0 Å². The molecule has 0 bridgehead atoms. The highest BCUT2D eigenvalue weighted by atomic mass is 16.2. The monoisotopic (exact) mass is 245 g/mol. The van der Waals surface area contributed by atoms with Gasteiger partial charge in [-0.15, -0.1) is 0 Å². The molecule has 96 valence electrons. The molecule has 1 saturated heterocycles. The number of fused-ring (bicyclic) bond motifs is 1. The molecular formula is C14H19N3O. The summed E-state index contributed by atoms with van der Waals surface area (Å²) in [6.07, 6.45) is 0.981. The summed E-state index contributed by atoms with van der Waals surface area (Å²) < 4.78 is 0. The van der Waals surface area contributed by atoms with Gasteiger partial charge in [0.2, 0.25) is 5.91 Å². The number of hydrogen-bond acceptors (Lipinski definition) is 3. The predicted molar refractivity (Wildman–Crippen MR) is 73.3 cm³/mol. The van der Waals surface area contributed by atoms with E-state index in [1.165, 1.54) is 11.3 Å². The number of benzene rings is 1. The Hall–Kier alpha value is -1.55. The number of nitrogens with one attached hydrogen (secondary N) is 1. The van der Waals surface area contributed by atoms with E-state index in [1.54, 1.807) is 6.92 Å². The molecule has 2 aliphatic rings. The maximum Gasteiger partial charge on any atom is 0.223 e. The first-order chi connectivity index (χ1) is 8.77. The molecule has 2 heterocycles. The van der Waals surface area contributed by atoms with Gasteiger partial charge in [0.25, 0.3) is 0 Å². The average Bonchev–Trinajstić information content (AvgIpc) is 2.83. The smallest absolute Gasteiger partial charge is 0.223 e. The van der Waals surface area contributed by atoms with Crippen molar-refractivity contribution in [2.45, 2.75) is 13.3 Å². The fourth-order valence-electron chi connectivity index (χ4n) is 2.94. The van der Waals surface area contributed by atoms with E-state index in [0.29, 0.717) is 0 Å². The minimum absolute atomic E-state index is 0.145. The first kappa shape index (κ1) is 11.5. The summed E-state index contributed by atoms with van der Waals surface area (Å²) in [4.78, 5) is 15.9. The lowest BCUT2D eigenvalue weighted by Gasteiger charge is -2.31. The van der Waals surface area contributed by atoms with Gasteiger partial charge in [0, 0.05) is 56.6 Å². The minimum atomic E-state index is 0.145. The van der Waals surface area contributed by atoms with Gasteiger partial charge in [-0.2, -0.15) is 0 Å². The van der Waals surface area contributed by atoms with Crippen molar-refractivity contribution in [2.75, 3.05) is 42.5 Å². The topological polar surface area (TPSA) is 35.6 Å². The molecular weight excluding hydrogens is 226 g/mol. The van der Waals surface area contributed by atoms with Gasteiger partial charge in [0.15, 0.2) is 0 Å². The molecule has 1 aromatic rings. The van der Waals surface area contributed by atoms with Crippen LogP contribution in [0, 0.1) is 0 Å². The van der Waals surface area contributed by atoms with Gasteiger partial charge < -0.3 is 15.1 Å². The van der Waals surface area contributed by atoms with Crippen LogP contribution in [-0.2, 0) is 11.2 Å². The molecule has 1 N–H and O–H groups in total. The van der Waals surface area contributed by atoms with Crippen LogP contribution >= 0.6 is 0 Å². The number of carbonyl (C=O) groups is 1. The number of amides is 1. The Morgan fingerprint density at radius 2 is 1.89 bits per heavy atom. The van der Waals surface area contributed by atoms with Crippen molar-refractivity contribution < 1.29 is 4.79 Å². The Morgan fingerprint density at radius 3 is 2.61 bits per heavy atom. The normalized spacial score (nSPS) is 18.9. The van der Waals surface area contributed by atoms with Crippen molar-refractivity contribution in [2.24, 2.45) is 0 Å². The Balaban J connectivity index is 1.95. The molecule has 3 rings (SSSR count). The number of rotatable bonds is 1. The van der Waals surface area contributed by atoms with Crippen LogP contribution in [0.25, 0.3) is 0 Å². The van der Waals surface area contributed by atoms with Gasteiger partial charge in [0.05, 0.1) is 0 Å². The lowest BCUT2D eigenvalue weighted by Crippen LogP contribution is -2.43. The molecule has 2 aliphatic heterocycles. The quantitative estimate of drug-likeness (QED) is 0.802. The predicted octanol–water partition coefficient (Wildman–Crippen LogP) is 1.01. The second-order valence-corrected chi connectivity index (χ2v) is 4.93. The van der Waals surface area contributed by atoms with E-state index in [4.69, 9.17) is 0 Å². The third kappa shape index (κ3) is 1.86. The first-order valence-electron chi connectivity index (χ1n) is 6.63. The lowest BCUT2D eigenvalue weighted by molar-refractivity contribution is -0.116. The van der Waals surface area contributed by atoms with Gasteiger partial charge >= 0.3 is 0 Å². The van der Waals surface area contributed by atoms with E-state index in [2.05, 4.69) is 28.4 Å². The number of piperazine rings is 1. The average molecular weight is 245 g/mol. The van der Waals surface area contributed by atoms with Crippen molar-refractivity contribution in [3.8, 4) is 0 Å². The molecule has 0 spiro atoms. The third-order valence-corrected chi connectivity index (χ3v) is 3.84. The van der Waals surface area contributed by atoms with Crippen LogP contribution in [0.1, 0.15) is 12.5 Å². The fourth-order valence-corrected chi connectivity index (χ4v) is 2.94. The van der Waals surface area contributed by atoms with Gasteiger partial charge in [0.1, 0.15) is 0 Å². The van der Waals surface area contributed by atoms with E-state index >= 15 is 0 Å².